The zero-order valence-electron chi connectivity index (χ0n) is 19.9. The molecule has 180 valence electrons. The first kappa shape index (κ1) is 24.1. The lowest BCUT2D eigenvalue weighted by Gasteiger charge is -2.26. The normalized spacial score (nSPS) is 17.0. The molecule has 4 rings (SSSR count). The van der Waals surface area contributed by atoms with Crippen LogP contribution >= 0.6 is 0 Å². The van der Waals surface area contributed by atoms with Gasteiger partial charge in [0.25, 0.3) is 11.7 Å². The Hall–Kier alpha value is -4.06. The first-order chi connectivity index (χ1) is 17.0. The summed E-state index contributed by atoms with van der Waals surface area (Å²) in [6, 6.07) is 23.2. The van der Waals surface area contributed by atoms with Crippen molar-refractivity contribution in [1.29, 1.82) is 0 Å². The van der Waals surface area contributed by atoms with E-state index in [2.05, 4.69) is 0 Å². The van der Waals surface area contributed by atoms with Crippen molar-refractivity contribution >= 4 is 17.4 Å². The van der Waals surface area contributed by atoms with E-state index in [9.17, 15) is 14.7 Å². The second kappa shape index (κ2) is 10.9. The molecule has 3 aromatic carbocycles. The smallest absolute Gasteiger partial charge is 0.295 e. The van der Waals surface area contributed by atoms with E-state index in [1.807, 2.05) is 61.5 Å². The van der Waals surface area contributed by atoms with Crippen molar-refractivity contribution in [2.24, 2.45) is 0 Å². The minimum atomic E-state index is -0.731. The topological polar surface area (TPSA) is 76.1 Å². The molecule has 0 aromatic heterocycles. The molecule has 0 radical (unpaired) electrons. The van der Waals surface area contributed by atoms with Gasteiger partial charge in [-0.25, -0.2) is 0 Å². The Kier molecular flexibility index (Phi) is 7.51. The summed E-state index contributed by atoms with van der Waals surface area (Å²) in [5.74, 6) is -0.250. The van der Waals surface area contributed by atoms with Crippen LogP contribution in [0.4, 0.5) is 0 Å². The van der Waals surface area contributed by atoms with E-state index >= 15 is 0 Å². The Morgan fingerprint density at radius 1 is 0.943 bits per heavy atom. The number of nitrogens with zero attached hydrogens (tertiary/aromatic N) is 1. The van der Waals surface area contributed by atoms with Gasteiger partial charge in [-0.2, -0.15) is 0 Å². The average molecular weight is 472 g/mol. The highest BCUT2D eigenvalue weighted by Crippen LogP contribution is 2.40. The maximum absolute atomic E-state index is 13.2. The van der Waals surface area contributed by atoms with Crippen LogP contribution in [0.2, 0.25) is 0 Å². The average Bonchev–Trinajstić information content (AvgIpc) is 3.16. The first-order valence-electron chi connectivity index (χ1n) is 11.7. The van der Waals surface area contributed by atoms with Gasteiger partial charge in [0.1, 0.15) is 17.3 Å². The molecule has 0 spiro atoms. The van der Waals surface area contributed by atoms with Crippen molar-refractivity contribution in [3.63, 3.8) is 0 Å². The molecule has 0 bridgehead atoms. The number of Topliss-reactive ketones (excluding diaryl/α,β-unsaturated/α-hetero) is 1. The van der Waals surface area contributed by atoms with Gasteiger partial charge in [-0.3, -0.25) is 9.59 Å². The number of benzene rings is 3. The number of carbonyl (C=O) groups is 2. The molecule has 1 heterocycles. The number of methoxy groups -OCH3 is 1. The third-order valence-corrected chi connectivity index (χ3v) is 6.03. The van der Waals surface area contributed by atoms with Crippen LogP contribution in [0.25, 0.3) is 5.76 Å². The van der Waals surface area contributed by atoms with E-state index in [1.165, 1.54) is 0 Å². The predicted molar refractivity (Wildman–Crippen MR) is 134 cm³/mol. The van der Waals surface area contributed by atoms with Crippen molar-refractivity contribution in [3.05, 3.63) is 101 Å². The van der Waals surface area contributed by atoms with Gasteiger partial charge in [-0.1, -0.05) is 49.4 Å². The molecule has 0 aliphatic carbocycles. The fourth-order valence-electron chi connectivity index (χ4n) is 4.25. The zero-order chi connectivity index (χ0) is 24.8. The van der Waals surface area contributed by atoms with Gasteiger partial charge >= 0.3 is 0 Å². The third kappa shape index (κ3) is 5.22. The van der Waals surface area contributed by atoms with Gasteiger partial charge in [0.05, 0.1) is 25.3 Å². The number of aliphatic hydroxyl groups excluding tert-OH is 1. The Morgan fingerprint density at radius 2 is 1.69 bits per heavy atom. The molecular weight excluding hydrogens is 442 g/mol. The predicted octanol–water partition coefficient (Wildman–Crippen LogP) is 5.15. The molecule has 1 amide bonds. The Labute approximate surface area is 205 Å². The fraction of sp³-hybridized carbons (Fsp3) is 0.241. The van der Waals surface area contributed by atoms with Gasteiger partial charge in [0, 0.05) is 12.1 Å². The number of ketones is 1. The summed E-state index contributed by atoms with van der Waals surface area (Å²) in [6.07, 6.45) is 1.44. The van der Waals surface area contributed by atoms with Gasteiger partial charge in [0.15, 0.2) is 0 Å². The Morgan fingerprint density at radius 3 is 2.37 bits per heavy atom. The van der Waals surface area contributed by atoms with Crippen LogP contribution in [0.1, 0.15) is 36.1 Å². The van der Waals surface area contributed by atoms with E-state index < -0.39 is 17.7 Å². The largest absolute Gasteiger partial charge is 0.507 e. The van der Waals surface area contributed by atoms with Crippen LogP contribution in [0.15, 0.2) is 84.4 Å². The van der Waals surface area contributed by atoms with E-state index in [4.69, 9.17) is 9.47 Å². The van der Waals surface area contributed by atoms with Crippen LogP contribution in [-0.4, -0.2) is 42.0 Å². The number of amides is 1. The Bertz CT molecular complexity index is 1220. The minimum absolute atomic E-state index is 0.0703. The van der Waals surface area contributed by atoms with Crippen molar-refractivity contribution in [2.75, 3.05) is 20.3 Å². The van der Waals surface area contributed by atoms with Crippen molar-refractivity contribution in [1.82, 2.24) is 4.90 Å². The van der Waals surface area contributed by atoms with Crippen LogP contribution in [0, 0.1) is 0 Å². The standard InChI is InChI=1S/C29H29NO5/c1-3-18-35-24-11-7-10-22(19-24)26-25(27(31)21-12-14-23(34-2)15-13-21)28(32)29(33)30(26)17-16-20-8-5-4-6-9-20/h4-15,19,26,31H,3,16-18H2,1-2H3. The highest BCUT2D eigenvalue weighted by Gasteiger charge is 2.45. The van der Waals surface area contributed by atoms with Gasteiger partial charge in [-0.15, -0.1) is 0 Å². The summed E-state index contributed by atoms with van der Waals surface area (Å²) in [4.78, 5) is 28.0. The lowest BCUT2D eigenvalue weighted by atomic mass is 9.95. The highest BCUT2D eigenvalue weighted by atomic mass is 16.5. The SMILES string of the molecule is CCCOc1cccc(C2C(=C(O)c3ccc(OC)cc3)C(=O)C(=O)N2CCc2ccccc2)c1. The lowest BCUT2D eigenvalue weighted by molar-refractivity contribution is -0.139. The number of hydrogen-bond acceptors (Lipinski definition) is 5. The second-order valence-corrected chi connectivity index (χ2v) is 8.38. The zero-order valence-corrected chi connectivity index (χ0v) is 19.9. The summed E-state index contributed by atoms with van der Waals surface area (Å²) < 4.78 is 11.0. The number of likely N-dealkylation sites (tertiary alicyclic amines) is 1. The number of ether oxygens (including phenoxy) is 2. The van der Waals surface area contributed by atoms with Gasteiger partial charge < -0.3 is 19.5 Å². The van der Waals surface area contributed by atoms with Crippen LogP contribution < -0.4 is 9.47 Å². The summed E-state index contributed by atoms with van der Waals surface area (Å²) in [7, 11) is 1.56. The van der Waals surface area contributed by atoms with Crippen LogP contribution in [0.3, 0.4) is 0 Å². The number of rotatable bonds is 9. The van der Waals surface area contributed by atoms with E-state index in [-0.39, 0.29) is 11.3 Å². The molecule has 1 N–H and O–H groups in total. The maximum atomic E-state index is 13.2. The molecule has 6 nitrogen and oxygen atoms in total. The monoisotopic (exact) mass is 471 g/mol. The quantitative estimate of drug-likeness (QED) is 0.265. The summed E-state index contributed by atoms with van der Waals surface area (Å²) in [6.45, 7) is 2.92. The molecule has 1 saturated heterocycles. The Balaban J connectivity index is 1.77. The van der Waals surface area contributed by atoms with Crippen molar-refractivity contribution in [3.8, 4) is 11.5 Å². The van der Waals surface area contributed by atoms with E-state index in [0.29, 0.717) is 42.2 Å². The molecular formula is C29H29NO5. The van der Waals surface area contributed by atoms with Crippen LogP contribution in [-0.2, 0) is 16.0 Å². The molecule has 1 atom stereocenters. The van der Waals surface area contributed by atoms with Gasteiger partial charge in [-0.05, 0) is 60.4 Å². The molecule has 1 fully saturated rings. The number of carbonyl (C=O) groups excluding carboxylic acids is 2. The summed E-state index contributed by atoms with van der Waals surface area (Å²) in [5, 5.41) is 11.2. The van der Waals surface area contributed by atoms with Gasteiger partial charge in [0.2, 0.25) is 0 Å². The molecule has 1 aliphatic rings. The molecule has 1 unspecified atom stereocenters. The summed E-state index contributed by atoms with van der Waals surface area (Å²) >= 11 is 0. The van der Waals surface area contributed by atoms with Crippen LogP contribution in [0.5, 0.6) is 11.5 Å². The van der Waals surface area contributed by atoms with E-state index in [1.54, 1.807) is 36.3 Å². The van der Waals surface area contributed by atoms with Crippen molar-refractivity contribution < 1.29 is 24.2 Å². The maximum Gasteiger partial charge on any atom is 0.295 e. The molecule has 35 heavy (non-hydrogen) atoms. The highest BCUT2D eigenvalue weighted by molar-refractivity contribution is 6.46. The first-order valence-corrected chi connectivity index (χ1v) is 11.7. The molecule has 1 aliphatic heterocycles. The number of hydrogen-bond donors (Lipinski definition) is 1. The minimum Gasteiger partial charge on any atom is -0.507 e. The molecule has 3 aromatic rings. The molecule has 0 saturated carbocycles. The lowest BCUT2D eigenvalue weighted by Crippen LogP contribution is -2.31. The molecule has 6 heteroatoms. The van der Waals surface area contributed by atoms with E-state index in [0.717, 1.165) is 12.0 Å². The fourth-order valence-corrected chi connectivity index (χ4v) is 4.25. The third-order valence-electron chi connectivity index (χ3n) is 6.03. The number of aliphatic hydroxyl groups is 1. The summed E-state index contributed by atoms with van der Waals surface area (Å²) in [5.41, 5.74) is 2.28. The van der Waals surface area contributed by atoms with Crippen molar-refractivity contribution in [2.45, 2.75) is 25.8 Å². The second-order valence-electron chi connectivity index (χ2n) is 8.38.